The lowest BCUT2D eigenvalue weighted by molar-refractivity contribution is -0.150. The standard InChI is InChI=1S/C13H24N2O3/c1-9-4-3-5-14-12(9)13(17)15-6-11(7-16)18-8-10(15)2/h9-12,14,16H,3-8H2,1-2H3. The first-order valence-corrected chi connectivity index (χ1v) is 6.89. The van der Waals surface area contributed by atoms with Crippen LogP contribution in [0, 0.1) is 5.92 Å². The molecule has 0 aromatic rings. The lowest BCUT2D eigenvalue weighted by atomic mass is 9.91. The van der Waals surface area contributed by atoms with E-state index in [9.17, 15) is 4.79 Å². The van der Waals surface area contributed by atoms with Crippen LogP contribution in [0.4, 0.5) is 0 Å². The molecule has 0 spiro atoms. The smallest absolute Gasteiger partial charge is 0.240 e. The van der Waals surface area contributed by atoms with Crippen LogP contribution in [0.1, 0.15) is 26.7 Å². The van der Waals surface area contributed by atoms with E-state index in [1.165, 1.54) is 0 Å². The summed E-state index contributed by atoms with van der Waals surface area (Å²) >= 11 is 0. The first-order valence-electron chi connectivity index (χ1n) is 6.89. The summed E-state index contributed by atoms with van der Waals surface area (Å²) < 4.78 is 5.47. The second kappa shape index (κ2) is 5.99. The average molecular weight is 256 g/mol. The Bertz CT molecular complexity index is 298. The number of ether oxygens (including phenoxy) is 1. The van der Waals surface area contributed by atoms with Gasteiger partial charge < -0.3 is 20.1 Å². The van der Waals surface area contributed by atoms with E-state index in [2.05, 4.69) is 12.2 Å². The molecule has 4 atom stereocenters. The summed E-state index contributed by atoms with van der Waals surface area (Å²) in [6.45, 7) is 6.04. The Morgan fingerprint density at radius 2 is 2.28 bits per heavy atom. The van der Waals surface area contributed by atoms with E-state index in [-0.39, 0.29) is 30.7 Å². The molecule has 2 rings (SSSR count). The predicted octanol–water partition coefficient (Wildman–Crippen LogP) is -0.0173. The highest BCUT2D eigenvalue weighted by Crippen LogP contribution is 2.20. The summed E-state index contributed by atoms with van der Waals surface area (Å²) in [5.74, 6) is 0.547. The largest absolute Gasteiger partial charge is 0.394 e. The molecule has 2 heterocycles. The van der Waals surface area contributed by atoms with Crippen molar-refractivity contribution in [1.82, 2.24) is 10.2 Å². The second-order valence-corrected chi connectivity index (χ2v) is 5.53. The summed E-state index contributed by atoms with van der Waals surface area (Å²) in [6, 6.07) is 0.0230. The van der Waals surface area contributed by atoms with Crippen molar-refractivity contribution in [3.8, 4) is 0 Å². The van der Waals surface area contributed by atoms with E-state index < -0.39 is 0 Å². The van der Waals surface area contributed by atoms with E-state index in [0.29, 0.717) is 19.1 Å². The third-order valence-corrected chi connectivity index (χ3v) is 4.03. The Kier molecular flexibility index (Phi) is 4.59. The van der Waals surface area contributed by atoms with Crippen LogP contribution in [-0.2, 0) is 9.53 Å². The van der Waals surface area contributed by atoms with Crippen LogP contribution in [0.15, 0.2) is 0 Å². The number of amides is 1. The summed E-state index contributed by atoms with van der Waals surface area (Å²) in [7, 11) is 0. The van der Waals surface area contributed by atoms with Crippen LogP contribution in [-0.4, -0.2) is 60.4 Å². The molecule has 2 aliphatic rings. The Hall–Kier alpha value is -0.650. The van der Waals surface area contributed by atoms with Gasteiger partial charge in [0.1, 0.15) is 0 Å². The summed E-state index contributed by atoms with van der Waals surface area (Å²) in [6.07, 6.45) is 2.01. The Labute approximate surface area is 108 Å². The topological polar surface area (TPSA) is 61.8 Å². The van der Waals surface area contributed by atoms with Crippen LogP contribution in [0.5, 0.6) is 0 Å². The molecule has 0 aromatic carbocycles. The molecule has 0 aromatic heterocycles. The number of morpholine rings is 1. The highest BCUT2D eigenvalue weighted by Gasteiger charge is 2.36. The molecule has 1 amide bonds. The average Bonchev–Trinajstić information content (AvgIpc) is 2.39. The van der Waals surface area contributed by atoms with Gasteiger partial charge in [-0.25, -0.2) is 0 Å². The fraction of sp³-hybridized carbons (Fsp3) is 0.923. The highest BCUT2D eigenvalue weighted by molar-refractivity contribution is 5.82. The van der Waals surface area contributed by atoms with Gasteiger partial charge in [-0.2, -0.15) is 0 Å². The van der Waals surface area contributed by atoms with Gasteiger partial charge in [-0.3, -0.25) is 4.79 Å². The first-order chi connectivity index (χ1) is 8.63. The van der Waals surface area contributed by atoms with Gasteiger partial charge in [-0.05, 0) is 32.2 Å². The third kappa shape index (κ3) is 2.84. The minimum atomic E-state index is -0.232. The monoisotopic (exact) mass is 256 g/mol. The number of hydrogen-bond donors (Lipinski definition) is 2. The first kappa shape index (κ1) is 13.8. The second-order valence-electron chi connectivity index (χ2n) is 5.53. The minimum absolute atomic E-state index is 0.0237. The van der Waals surface area contributed by atoms with Crippen molar-refractivity contribution in [1.29, 1.82) is 0 Å². The third-order valence-electron chi connectivity index (χ3n) is 4.03. The number of nitrogens with zero attached hydrogens (tertiary/aromatic N) is 1. The van der Waals surface area contributed by atoms with E-state index in [4.69, 9.17) is 9.84 Å². The maximum atomic E-state index is 12.6. The number of carbonyl (C=O) groups is 1. The molecular weight excluding hydrogens is 232 g/mol. The van der Waals surface area contributed by atoms with Gasteiger partial charge in [-0.15, -0.1) is 0 Å². The van der Waals surface area contributed by atoms with Crippen molar-refractivity contribution in [2.75, 3.05) is 26.3 Å². The molecule has 0 bridgehead atoms. The molecule has 18 heavy (non-hydrogen) atoms. The van der Waals surface area contributed by atoms with Crippen LogP contribution in [0.25, 0.3) is 0 Å². The molecule has 104 valence electrons. The number of hydrogen-bond acceptors (Lipinski definition) is 4. The van der Waals surface area contributed by atoms with Gasteiger partial charge in [0.2, 0.25) is 5.91 Å². The van der Waals surface area contributed by atoms with Gasteiger partial charge >= 0.3 is 0 Å². The van der Waals surface area contributed by atoms with Crippen molar-refractivity contribution in [3.05, 3.63) is 0 Å². The van der Waals surface area contributed by atoms with Crippen molar-refractivity contribution < 1.29 is 14.6 Å². The highest BCUT2D eigenvalue weighted by atomic mass is 16.5. The van der Waals surface area contributed by atoms with E-state index in [1.54, 1.807) is 0 Å². The molecule has 2 N–H and O–H groups in total. The zero-order valence-corrected chi connectivity index (χ0v) is 11.3. The quantitative estimate of drug-likeness (QED) is 0.729. The number of nitrogens with one attached hydrogen (secondary N) is 1. The van der Waals surface area contributed by atoms with Crippen LogP contribution >= 0.6 is 0 Å². The van der Waals surface area contributed by atoms with Crippen LogP contribution in [0.3, 0.4) is 0 Å². The molecule has 5 heteroatoms. The lowest BCUT2D eigenvalue weighted by Crippen LogP contribution is -2.59. The molecular formula is C13H24N2O3. The molecule has 5 nitrogen and oxygen atoms in total. The van der Waals surface area contributed by atoms with Crippen molar-refractivity contribution in [2.45, 2.75) is 44.9 Å². The molecule has 0 radical (unpaired) electrons. The number of rotatable bonds is 2. The summed E-state index contributed by atoms with van der Waals surface area (Å²) in [5.41, 5.74) is 0. The number of aliphatic hydroxyl groups is 1. The zero-order chi connectivity index (χ0) is 13.1. The van der Waals surface area contributed by atoms with Crippen molar-refractivity contribution in [2.24, 2.45) is 5.92 Å². The molecule has 2 saturated heterocycles. The zero-order valence-electron chi connectivity index (χ0n) is 11.3. The number of aliphatic hydroxyl groups excluding tert-OH is 1. The molecule has 4 unspecified atom stereocenters. The number of carbonyl (C=O) groups excluding carboxylic acids is 1. The van der Waals surface area contributed by atoms with Gasteiger partial charge in [0.05, 0.1) is 31.4 Å². The fourth-order valence-corrected chi connectivity index (χ4v) is 2.79. The molecule has 0 saturated carbocycles. The predicted molar refractivity (Wildman–Crippen MR) is 68.2 cm³/mol. The van der Waals surface area contributed by atoms with Crippen molar-refractivity contribution >= 4 is 5.91 Å². The summed E-state index contributed by atoms with van der Waals surface area (Å²) in [4.78, 5) is 14.4. The van der Waals surface area contributed by atoms with E-state index in [0.717, 1.165) is 19.4 Å². The Morgan fingerprint density at radius 3 is 2.94 bits per heavy atom. The lowest BCUT2D eigenvalue weighted by Gasteiger charge is -2.41. The maximum absolute atomic E-state index is 12.6. The maximum Gasteiger partial charge on any atom is 0.240 e. The SMILES string of the molecule is CC1CCCNC1C(=O)N1CC(CO)OCC1C. The molecule has 0 aliphatic carbocycles. The Morgan fingerprint density at radius 1 is 1.50 bits per heavy atom. The van der Waals surface area contributed by atoms with Crippen LogP contribution in [0.2, 0.25) is 0 Å². The van der Waals surface area contributed by atoms with Gasteiger partial charge in [0.15, 0.2) is 0 Å². The van der Waals surface area contributed by atoms with E-state index in [1.807, 2.05) is 11.8 Å². The van der Waals surface area contributed by atoms with E-state index >= 15 is 0 Å². The van der Waals surface area contributed by atoms with Crippen LogP contribution < -0.4 is 5.32 Å². The summed E-state index contributed by atoms with van der Waals surface area (Å²) in [5, 5.41) is 12.5. The van der Waals surface area contributed by atoms with Gasteiger partial charge in [-0.1, -0.05) is 6.92 Å². The molecule has 2 aliphatic heterocycles. The minimum Gasteiger partial charge on any atom is -0.394 e. The fourth-order valence-electron chi connectivity index (χ4n) is 2.79. The van der Waals surface area contributed by atoms with Gasteiger partial charge in [0.25, 0.3) is 0 Å². The molecule has 2 fully saturated rings. The van der Waals surface area contributed by atoms with Crippen molar-refractivity contribution in [3.63, 3.8) is 0 Å². The normalized spacial score (nSPS) is 37.6. The van der Waals surface area contributed by atoms with Gasteiger partial charge in [0, 0.05) is 6.54 Å². The number of piperidine rings is 1. The Balaban J connectivity index is 2.01.